The van der Waals surface area contributed by atoms with Crippen molar-refractivity contribution in [3.8, 4) is 5.75 Å². The second kappa shape index (κ2) is 9.00. The molecule has 0 spiro atoms. The molecule has 1 aliphatic rings. The van der Waals surface area contributed by atoms with Crippen LogP contribution in [0.2, 0.25) is 0 Å². The zero-order valence-electron chi connectivity index (χ0n) is 16.0. The van der Waals surface area contributed by atoms with Gasteiger partial charge in [0.05, 0.1) is 20.3 Å². The first-order valence-electron chi connectivity index (χ1n) is 9.16. The van der Waals surface area contributed by atoms with Crippen molar-refractivity contribution in [1.82, 2.24) is 19.7 Å². The first-order valence-corrected chi connectivity index (χ1v) is 9.16. The lowest BCUT2D eigenvalue weighted by molar-refractivity contribution is 0.176. The van der Waals surface area contributed by atoms with Gasteiger partial charge in [-0.1, -0.05) is 0 Å². The van der Waals surface area contributed by atoms with Crippen LogP contribution in [0.3, 0.4) is 0 Å². The number of nitrogens with zero attached hydrogens (tertiary/aromatic N) is 5. The molecule has 3 rings (SSSR count). The molecule has 0 saturated carbocycles. The minimum Gasteiger partial charge on any atom is -0.497 e. The molecule has 1 saturated heterocycles. The maximum Gasteiger partial charge on any atom is 0.147 e. The van der Waals surface area contributed by atoms with E-state index in [9.17, 15) is 0 Å². The number of aromatic nitrogens is 3. The molecule has 0 atom stereocenters. The molecule has 7 nitrogen and oxygen atoms in total. The summed E-state index contributed by atoms with van der Waals surface area (Å²) in [6.45, 7) is 4.42. The van der Waals surface area contributed by atoms with Gasteiger partial charge in [-0.25, -0.2) is 0 Å². The molecule has 0 bridgehead atoms. The Hall–Kier alpha value is -2.12. The Bertz CT molecular complexity index is 665. The lowest BCUT2D eigenvalue weighted by atomic mass is 10.0. The van der Waals surface area contributed by atoms with Gasteiger partial charge in [0.2, 0.25) is 0 Å². The lowest BCUT2D eigenvalue weighted by Crippen LogP contribution is -2.43. The molecule has 1 aliphatic heterocycles. The Balaban J connectivity index is 1.51. The average molecular weight is 359 g/mol. The fourth-order valence-electron chi connectivity index (χ4n) is 3.49. The van der Waals surface area contributed by atoms with Crippen molar-refractivity contribution >= 4 is 5.69 Å². The number of anilines is 1. The predicted octanol–water partition coefficient (Wildman–Crippen LogP) is 2.03. The number of benzene rings is 1. The van der Waals surface area contributed by atoms with Crippen LogP contribution < -0.4 is 9.64 Å². The van der Waals surface area contributed by atoms with Crippen molar-refractivity contribution in [2.75, 3.05) is 45.9 Å². The van der Waals surface area contributed by atoms with Crippen LogP contribution in [-0.4, -0.2) is 66.7 Å². The summed E-state index contributed by atoms with van der Waals surface area (Å²) in [5.41, 5.74) is 1.27. The highest BCUT2D eigenvalue weighted by Gasteiger charge is 2.23. The third-order valence-electron chi connectivity index (χ3n) is 5.15. The standard InChI is InChI=1S/C19H29N5O2/c1-22(14-19-21-20-15-24(19)12-13-25-2)16-8-10-23(11-9-16)17-4-6-18(26-3)7-5-17/h4-7,15-16H,8-14H2,1-3H3. The Labute approximate surface area is 155 Å². The Kier molecular flexibility index (Phi) is 6.46. The zero-order chi connectivity index (χ0) is 18.4. The maximum atomic E-state index is 5.24. The largest absolute Gasteiger partial charge is 0.497 e. The fourth-order valence-corrected chi connectivity index (χ4v) is 3.49. The number of ether oxygens (including phenoxy) is 2. The van der Waals surface area contributed by atoms with Gasteiger partial charge in [-0.05, 0) is 44.2 Å². The van der Waals surface area contributed by atoms with Crippen molar-refractivity contribution in [1.29, 1.82) is 0 Å². The van der Waals surface area contributed by atoms with Crippen LogP contribution >= 0.6 is 0 Å². The van der Waals surface area contributed by atoms with Gasteiger partial charge in [0.15, 0.2) is 0 Å². The molecule has 0 unspecified atom stereocenters. The summed E-state index contributed by atoms with van der Waals surface area (Å²) in [5, 5.41) is 8.33. The quantitative estimate of drug-likeness (QED) is 0.719. The van der Waals surface area contributed by atoms with Gasteiger partial charge in [-0.15, -0.1) is 10.2 Å². The van der Waals surface area contributed by atoms with Gasteiger partial charge in [0.1, 0.15) is 17.9 Å². The topological polar surface area (TPSA) is 55.7 Å². The SMILES string of the molecule is COCCn1cnnc1CN(C)C1CCN(c2ccc(OC)cc2)CC1. The van der Waals surface area contributed by atoms with E-state index in [-0.39, 0.29) is 0 Å². The lowest BCUT2D eigenvalue weighted by Gasteiger charge is -2.37. The van der Waals surface area contributed by atoms with Gasteiger partial charge >= 0.3 is 0 Å². The van der Waals surface area contributed by atoms with Crippen molar-refractivity contribution in [3.05, 3.63) is 36.4 Å². The summed E-state index contributed by atoms with van der Waals surface area (Å²) >= 11 is 0. The summed E-state index contributed by atoms with van der Waals surface area (Å²) in [7, 11) is 5.60. The van der Waals surface area contributed by atoms with Crippen LogP contribution in [-0.2, 0) is 17.8 Å². The maximum absolute atomic E-state index is 5.24. The zero-order valence-corrected chi connectivity index (χ0v) is 16.0. The van der Waals surface area contributed by atoms with Crippen molar-refractivity contribution in [2.24, 2.45) is 0 Å². The highest BCUT2D eigenvalue weighted by Crippen LogP contribution is 2.24. The van der Waals surface area contributed by atoms with Crippen LogP contribution in [0.5, 0.6) is 5.75 Å². The van der Waals surface area contributed by atoms with E-state index >= 15 is 0 Å². The van der Waals surface area contributed by atoms with Gasteiger partial charge in [-0.2, -0.15) is 0 Å². The average Bonchev–Trinajstić information content (AvgIpc) is 3.13. The van der Waals surface area contributed by atoms with Gasteiger partial charge in [0, 0.05) is 38.5 Å². The normalized spacial score (nSPS) is 15.6. The van der Waals surface area contributed by atoms with Gasteiger partial charge in [-0.3, -0.25) is 4.90 Å². The summed E-state index contributed by atoms with van der Waals surface area (Å²) < 4.78 is 12.5. The number of hydrogen-bond acceptors (Lipinski definition) is 6. The summed E-state index contributed by atoms with van der Waals surface area (Å²) in [5.74, 6) is 1.91. The first-order chi connectivity index (χ1) is 12.7. The van der Waals surface area contributed by atoms with Crippen LogP contribution in [0.4, 0.5) is 5.69 Å². The highest BCUT2D eigenvalue weighted by molar-refractivity contribution is 5.49. The van der Waals surface area contributed by atoms with Crippen molar-refractivity contribution in [3.63, 3.8) is 0 Å². The molecular formula is C19H29N5O2. The summed E-state index contributed by atoms with van der Waals surface area (Å²) in [4.78, 5) is 4.85. The summed E-state index contributed by atoms with van der Waals surface area (Å²) in [6, 6.07) is 8.90. The Morgan fingerprint density at radius 2 is 1.88 bits per heavy atom. The molecule has 0 amide bonds. The van der Waals surface area contributed by atoms with E-state index < -0.39 is 0 Å². The molecule has 26 heavy (non-hydrogen) atoms. The Morgan fingerprint density at radius 3 is 2.54 bits per heavy atom. The van der Waals surface area contributed by atoms with E-state index in [2.05, 4.69) is 43.7 Å². The molecule has 1 aromatic carbocycles. The highest BCUT2D eigenvalue weighted by atomic mass is 16.5. The number of hydrogen-bond donors (Lipinski definition) is 0. The summed E-state index contributed by atoms with van der Waals surface area (Å²) in [6.07, 6.45) is 4.08. The van der Waals surface area contributed by atoms with E-state index in [1.165, 1.54) is 5.69 Å². The van der Waals surface area contributed by atoms with E-state index in [1.807, 2.05) is 12.1 Å². The third-order valence-corrected chi connectivity index (χ3v) is 5.15. The number of piperidine rings is 1. The predicted molar refractivity (Wildman–Crippen MR) is 102 cm³/mol. The monoisotopic (exact) mass is 359 g/mol. The molecule has 0 aliphatic carbocycles. The van der Waals surface area contributed by atoms with Gasteiger partial charge < -0.3 is 18.9 Å². The van der Waals surface area contributed by atoms with Crippen molar-refractivity contribution < 1.29 is 9.47 Å². The minimum atomic E-state index is 0.567. The molecule has 1 fully saturated rings. The Morgan fingerprint density at radius 1 is 1.15 bits per heavy atom. The van der Waals surface area contributed by atoms with Crippen LogP contribution in [0.1, 0.15) is 18.7 Å². The molecular weight excluding hydrogens is 330 g/mol. The van der Waals surface area contributed by atoms with Crippen LogP contribution in [0.15, 0.2) is 30.6 Å². The fraction of sp³-hybridized carbons (Fsp3) is 0.579. The van der Waals surface area contributed by atoms with Crippen LogP contribution in [0, 0.1) is 0 Å². The molecule has 1 aromatic heterocycles. The molecule has 142 valence electrons. The first kappa shape index (κ1) is 18.7. The molecule has 2 heterocycles. The minimum absolute atomic E-state index is 0.567. The van der Waals surface area contributed by atoms with E-state index in [4.69, 9.17) is 9.47 Å². The third kappa shape index (κ3) is 4.53. The molecule has 2 aromatic rings. The van der Waals surface area contributed by atoms with E-state index in [0.717, 1.165) is 50.6 Å². The number of methoxy groups -OCH3 is 2. The molecule has 0 radical (unpaired) electrons. The van der Waals surface area contributed by atoms with E-state index in [1.54, 1.807) is 20.5 Å². The molecule has 0 N–H and O–H groups in total. The second-order valence-corrected chi connectivity index (χ2v) is 6.76. The second-order valence-electron chi connectivity index (χ2n) is 6.76. The smallest absolute Gasteiger partial charge is 0.147 e. The van der Waals surface area contributed by atoms with Crippen molar-refractivity contribution in [2.45, 2.75) is 32.0 Å². The molecule has 7 heteroatoms. The van der Waals surface area contributed by atoms with Gasteiger partial charge in [0.25, 0.3) is 0 Å². The van der Waals surface area contributed by atoms with E-state index in [0.29, 0.717) is 12.6 Å². The number of rotatable bonds is 8. The van der Waals surface area contributed by atoms with Crippen LogP contribution in [0.25, 0.3) is 0 Å².